The summed E-state index contributed by atoms with van der Waals surface area (Å²) in [5, 5.41) is 3.60. The maximum atomic E-state index is 12.7. The van der Waals surface area contributed by atoms with Crippen LogP contribution >= 0.6 is 0 Å². The zero-order valence-corrected chi connectivity index (χ0v) is 18.9. The SMILES string of the molecule is COc1ccc(OC(F)(F)F)cc1CNC1CCCN(CCN(C)C)C1c1ccccc1. The Bertz CT molecular complexity index is 846. The second kappa shape index (κ2) is 11.0. The minimum absolute atomic E-state index is 0.158. The summed E-state index contributed by atoms with van der Waals surface area (Å²) in [4.78, 5) is 4.67. The number of likely N-dealkylation sites (N-methyl/N-ethyl adjacent to an activating group) is 1. The third-order valence-electron chi connectivity index (χ3n) is 5.75. The quantitative estimate of drug-likeness (QED) is 0.610. The molecule has 32 heavy (non-hydrogen) atoms. The second-order valence-electron chi connectivity index (χ2n) is 8.35. The summed E-state index contributed by atoms with van der Waals surface area (Å²) in [6.07, 6.45) is -2.68. The maximum Gasteiger partial charge on any atom is 0.573 e. The molecule has 2 unspecified atom stereocenters. The summed E-state index contributed by atoms with van der Waals surface area (Å²) in [7, 11) is 5.65. The number of piperidine rings is 1. The van der Waals surface area contributed by atoms with Gasteiger partial charge in [0.05, 0.1) is 13.2 Å². The van der Waals surface area contributed by atoms with Crippen LogP contribution in [-0.4, -0.2) is 63.0 Å². The van der Waals surface area contributed by atoms with Crippen LogP contribution < -0.4 is 14.8 Å². The summed E-state index contributed by atoms with van der Waals surface area (Å²) in [6, 6.07) is 14.9. The molecular formula is C24H32F3N3O2. The van der Waals surface area contributed by atoms with Crippen molar-refractivity contribution in [3.05, 3.63) is 59.7 Å². The average molecular weight is 452 g/mol. The number of methoxy groups -OCH3 is 1. The highest BCUT2D eigenvalue weighted by atomic mass is 19.4. The molecule has 176 valence electrons. The molecule has 8 heteroatoms. The summed E-state index contributed by atoms with van der Waals surface area (Å²) >= 11 is 0. The fraction of sp³-hybridized carbons (Fsp3) is 0.500. The molecule has 1 aliphatic rings. The first-order chi connectivity index (χ1) is 15.3. The highest BCUT2D eigenvalue weighted by Gasteiger charge is 2.33. The molecule has 1 heterocycles. The Labute approximate surface area is 188 Å². The number of halogens is 3. The molecule has 1 fully saturated rings. The van der Waals surface area contributed by atoms with E-state index in [1.54, 1.807) is 0 Å². The lowest BCUT2D eigenvalue weighted by Gasteiger charge is -2.42. The van der Waals surface area contributed by atoms with Gasteiger partial charge in [-0.05, 0) is 57.2 Å². The van der Waals surface area contributed by atoms with Gasteiger partial charge >= 0.3 is 6.36 Å². The van der Waals surface area contributed by atoms with Gasteiger partial charge in [0, 0.05) is 31.2 Å². The molecule has 0 radical (unpaired) electrons. The van der Waals surface area contributed by atoms with Crippen molar-refractivity contribution >= 4 is 0 Å². The van der Waals surface area contributed by atoms with Crippen LogP contribution in [0, 0.1) is 0 Å². The first-order valence-corrected chi connectivity index (χ1v) is 10.9. The van der Waals surface area contributed by atoms with E-state index >= 15 is 0 Å². The van der Waals surface area contributed by atoms with E-state index < -0.39 is 6.36 Å². The van der Waals surface area contributed by atoms with Gasteiger partial charge in [0.2, 0.25) is 0 Å². The van der Waals surface area contributed by atoms with Crippen molar-refractivity contribution < 1.29 is 22.6 Å². The van der Waals surface area contributed by atoms with Gasteiger partial charge in [0.1, 0.15) is 11.5 Å². The lowest BCUT2D eigenvalue weighted by Crippen LogP contribution is -2.49. The van der Waals surface area contributed by atoms with Gasteiger partial charge in [-0.25, -0.2) is 0 Å². The molecular weight excluding hydrogens is 419 g/mol. The molecule has 0 bridgehead atoms. The smallest absolute Gasteiger partial charge is 0.496 e. The zero-order valence-electron chi connectivity index (χ0n) is 18.9. The standard InChI is InChI=1S/C24H32F3N3O2/c1-29(2)14-15-30-13-7-10-21(23(30)18-8-5-4-6-9-18)28-17-19-16-20(32-24(25,26)27)11-12-22(19)31-3/h4-6,8-9,11-12,16,21,23,28H,7,10,13-15,17H2,1-3H3. The van der Waals surface area contributed by atoms with E-state index in [0.717, 1.165) is 32.5 Å². The van der Waals surface area contributed by atoms with Crippen LogP contribution in [0.25, 0.3) is 0 Å². The normalized spacial score (nSPS) is 19.8. The molecule has 5 nitrogen and oxygen atoms in total. The van der Waals surface area contributed by atoms with Gasteiger partial charge in [-0.3, -0.25) is 4.90 Å². The molecule has 0 spiro atoms. The summed E-state index contributed by atoms with van der Waals surface area (Å²) in [5.41, 5.74) is 1.87. The predicted molar refractivity (Wildman–Crippen MR) is 119 cm³/mol. The predicted octanol–water partition coefficient (Wildman–Crippen LogP) is 4.45. The number of nitrogens with zero attached hydrogens (tertiary/aromatic N) is 2. The minimum atomic E-state index is -4.73. The highest BCUT2D eigenvalue weighted by molar-refractivity contribution is 5.40. The summed E-state index contributed by atoms with van der Waals surface area (Å²) < 4.78 is 47.5. The van der Waals surface area contributed by atoms with Crippen LogP contribution in [0.1, 0.15) is 30.0 Å². The van der Waals surface area contributed by atoms with Crippen molar-refractivity contribution in [3.63, 3.8) is 0 Å². The van der Waals surface area contributed by atoms with Gasteiger partial charge in [0.25, 0.3) is 0 Å². The van der Waals surface area contributed by atoms with Crippen LogP contribution in [0.4, 0.5) is 13.2 Å². The molecule has 3 rings (SSSR count). The van der Waals surface area contributed by atoms with Gasteiger partial charge < -0.3 is 19.7 Å². The Morgan fingerprint density at radius 1 is 1.12 bits per heavy atom. The number of alkyl halides is 3. The monoisotopic (exact) mass is 451 g/mol. The molecule has 0 aromatic heterocycles. The van der Waals surface area contributed by atoms with Gasteiger partial charge in [-0.15, -0.1) is 13.2 Å². The number of likely N-dealkylation sites (tertiary alicyclic amines) is 1. The molecule has 1 aliphatic heterocycles. The van der Waals surface area contributed by atoms with Crippen molar-refractivity contribution in [2.24, 2.45) is 0 Å². The molecule has 2 aromatic carbocycles. The number of nitrogens with one attached hydrogen (secondary N) is 1. The van der Waals surface area contributed by atoms with E-state index in [2.05, 4.69) is 46.1 Å². The van der Waals surface area contributed by atoms with Crippen molar-refractivity contribution in [3.8, 4) is 11.5 Å². The van der Waals surface area contributed by atoms with Crippen molar-refractivity contribution in [2.75, 3.05) is 40.8 Å². The Hall–Kier alpha value is -2.29. The lowest BCUT2D eigenvalue weighted by molar-refractivity contribution is -0.274. The molecule has 1 saturated heterocycles. The molecule has 0 aliphatic carbocycles. The van der Waals surface area contributed by atoms with Crippen LogP contribution in [0.5, 0.6) is 11.5 Å². The van der Waals surface area contributed by atoms with E-state index in [-0.39, 0.29) is 17.8 Å². The first kappa shape index (κ1) is 24.4. The molecule has 0 saturated carbocycles. The summed E-state index contributed by atoms with van der Waals surface area (Å²) in [5.74, 6) is 0.287. The summed E-state index contributed by atoms with van der Waals surface area (Å²) in [6.45, 7) is 3.31. The fourth-order valence-corrected chi connectivity index (χ4v) is 4.28. The van der Waals surface area contributed by atoms with Crippen LogP contribution in [-0.2, 0) is 6.54 Å². The van der Waals surface area contributed by atoms with E-state index in [0.29, 0.717) is 17.9 Å². The molecule has 1 N–H and O–H groups in total. The van der Waals surface area contributed by atoms with Gasteiger partial charge in [0.15, 0.2) is 0 Å². The van der Waals surface area contributed by atoms with Crippen molar-refractivity contribution in [2.45, 2.75) is 37.8 Å². The topological polar surface area (TPSA) is 37.0 Å². The largest absolute Gasteiger partial charge is 0.573 e. The zero-order chi connectivity index (χ0) is 23.1. The Morgan fingerprint density at radius 2 is 1.88 bits per heavy atom. The number of benzene rings is 2. The van der Waals surface area contributed by atoms with Crippen LogP contribution in [0.2, 0.25) is 0 Å². The number of hydrogen-bond donors (Lipinski definition) is 1. The number of hydrogen-bond acceptors (Lipinski definition) is 5. The lowest BCUT2D eigenvalue weighted by atomic mass is 9.90. The highest BCUT2D eigenvalue weighted by Crippen LogP contribution is 2.33. The second-order valence-corrected chi connectivity index (χ2v) is 8.35. The number of ether oxygens (including phenoxy) is 2. The Balaban J connectivity index is 1.79. The first-order valence-electron chi connectivity index (χ1n) is 10.9. The minimum Gasteiger partial charge on any atom is -0.496 e. The molecule has 0 amide bonds. The van der Waals surface area contributed by atoms with Crippen molar-refractivity contribution in [1.82, 2.24) is 15.1 Å². The van der Waals surface area contributed by atoms with Crippen LogP contribution in [0.3, 0.4) is 0 Å². The maximum absolute atomic E-state index is 12.7. The Kier molecular flexibility index (Phi) is 8.39. The van der Waals surface area contributed by atoms with E-state index in [1.807, 2.05) is 18.2 Å². The van der Waals surface area contributed by atoms with E-state index in [4.69, 9.17) is 4.74 Å². The third-order valence-corrected chi connectivity index (χ3v) is 5.75. The van der Waals surface area contributed by atoms with E-state index in [9.17, 15) is 13.2 Å². The molecule has 2 aromatic rings. The van der Waals surface area contributed by atoms with Gasteiger partial charge in [-0.2, -0.15) is 0 Å². The van der Waals surface area contributed by atoms with E-state index in [1.165, 1.54) is 30.9 Å². The van der Waals surface area contributed by atoms with Crippen LogP contribution in [0.15, 0.2) is 48.5 Å². The molecule has 2 atom stereocenters. The average Bonchev–Trinajstić information content (AvgIpc) is 2.75. The third kappa shape index (κ3) is 6.85. The number of rotatable bonds is 9. The Morgan fingerprint density at radius 3 is 2.53 bits per heavy atom. The fourth-order valence-electron chi connectivity index (χ4n) is 4.28. The van der Waals surface area contributed by atoms with Crippen molar-refractivity contribution in [1.29, 1.82) is 0 Å². The van der Waals surface area contributed by atoms with Gasteiger partial charge in [-0.1, -0.05) is 30.3 Å².